The summed E-state index contributed by atoms with van der Waals surface area (Å²) in [5.74, 6) is -0.188. The van der Waals surface area contributed by atoms with Crippen LogP contribution in [0.15, 0.2) is 32.5 Å². The second-order valence-electron chi connectivity index (χ2n) is 3.53. The zero-order valence-electron chi connectivity index (χ0n) is 9.22. The van der Waals surface area contributed by atoms with E-state index in [-0.39, 0.29) is 11.1 Å². The van der Waals surface area contributed by atoms with E-state index in [1.807, 2.05) is 6.07 Å². The first-order chi connectivity index (χ1) is 8.52. The molecule has 1 aromatic heterocycles. The monoisotopic (exact) mass is 412 g/mol. The minimum atomic E-state index is -0.390. The van der Waals surface area contributed by atoms with Gasteiger partial charge >= 0.3 is 0 Å². The molecular formula is C12H8Br2ClFOS. The Kier molecular flexibility index (Phi) is 4.69. The number of ether oxygens (including phenoxy) is 1. The topological polar surface area (TPSA) is 9.23 Å². The molecule has 0 saturated carbocycles. The molecule has 0 aliphatic rings. The standard InChI is InChI=1S/C12H8Br2ClFOS/c1-17-9-4-6(2-3-8(9)16)11(15)10-5-7(13)12(14)18-10/h2-5,11H,1H3. The van der Waals surface area contributed by atoms with E-state index in [1.165, 1.54) is 24.5 Å². The lowest BCUT2D eigenvalue weighted by atomic mass is 10.1. The van der Waals surface area contributed by atoms with Crippen molar-refractivity contribution in [1.82, 2.24) is 0 Å². The maximum absolute atomic E-state index is 13.3. The summed E-state index contributed by atoms with van der Waals surface area (Å²) in [6.45, 7) is 0. The SMILES string of the molecule is COc1cc(C(Cl)c2cc(Br)c(Br)s2)ccc1F. The summed E-state index contributed by atoms with van der Waals surface area (Å²) < 4.78 is 20.2. The fourth-order valence-electron chi connectivity index (χ4n) is 1.49. The van der Waals surface area contributed by atoms with E-state index in [0.717, 1.165) is 18.7 Å². The molecular weight excluding hydrogens is 406 g/mol. The second-order valence-corrected chi connectivity index (χ2v) is 7.22. The molecule has 18 heavy (non-hydrogen) atoms. The highest BCUT2D eigenvalue weighted by Crippen LogP contribution is 2.41. The lowest BCUT2D eigenvalue weighted by Crippen LogP contribution is -1.94. The zero-order valence-corrected chi connectivity index (χ0v) is 14.0. The number of halogens is 4. The Labute approximate surface area is 130 Å². The van der Waals surface area contributed by atoms with Crippen molar-refractivity contribution in [2.45, 2.75) is 5.38 Å². The van der Waals surface area contributed by atoms with Crippen LogP contribution < -0.4 is 4.74 Å². The van der Waals surface area contributed by atoms with Crippen LogP contribution in [0.25, 0.3) is 0 Å². The molecule has 2 aromatic rings. The molecule has 0 aliphatic heterocycles. The van der Waals surface area contributed by atoms with Crippen LogP contribution in [0.2, 0.25) is 0 Å². The summed E-state index contributed by atoms with van der Waals surface area (Å²) >= 11 is 14.8. The molecule has 0 N–H and O–H groups in total. The third-order valence-electron chi connectivity index (χ3n) is 2.38. The van der Waals surface area contributed by atoms with Gasteiger partial charge in [0.15, 0.2) is 11.6 Å². The van der Waals surface area contributed by atoms with E-state index in [0.29, 0.717) is 0 Å². The first-order valence-corrected chi connectivity index (χ1v) is 7.79. The molecule has 1 atom stereocenters. The van der Waals surface area contributed by atoms with E-state index in [4.69, 9.17) is 16.3 Å². The molecule has 1 aromatic carbocycles. The van der Waals surface area contributed by atoms with Crippen LogP contribution in [0, 0.1) is 5.82 Å². The molecule has 0 fully saturated rings. The summed E-state index contributed by atoms with van der Waals surface area (Å²) in [5, 5.41) is -0.327. The van der Waals surface area contributed by atoms with Gasteiger partial charge in [0.25, 0.3) is 0 Å². The minimum Gasteiger partial charge on any atom is -0.494 e. The third-order valence-corrected chi connectivity index (χ3v) is 6.32. The smallest absolute Gasteiger partial charge is 0.165 e. The lowest BCUT2D eigenvalue weighted by molar-refractivity contribution is 0.386. The molecule has 1 unspecified atom stereocenters. The van der Waals surface area contributed by atoms with Gasteiger partial charge < -0.3 is 4.74 Å². The number of benzene rings is 1. The van der Waals surface area contributed by atoms with Crippen LogP contribution in [0.4, 0.5) is 4.39 Å². The highest BCUT2D eigenvalue weighted by Gasteiger charge is 2.17. The Bertz CT molecular complexity index is 554. The predicted molar refractivity (Wildman–Crippen MR) is 80.4 cm³/mol. The van der Waals surface area contributed by atoms with Crippen molar-refractivity contribution in [3.05, 3.63) is 48.8 Å². The van der Waals surface area contributed by atoms with E-state index < -0.39 is 5.82 Å². The van der Waals surface area contributed by atoms with Gasteiger partial charge in [-0.15, -0.1) is 22.9 Å². The Morgan fingerprint density at radius 2 is 2.06 bits per heavy atom. The normalized spacial score (nSPS) is 12.5. The van der Waals surface area contributed by atoms with Crippen molar-refractivity contribution >= 4 is 54.8 Å². The fraction of sp³-hybridized carbons (Fsp3) is 0.167. The van der Waals surface area contributed by atoms with Crippen LogP contribution in [0.3, 0.4) is 0 Å². The van der Waals surface area contributed by atoms with Crippen LogP contribution in [0.1, 0.15) is 15.8 Å². The van der Waals surface area contributed by atoms with Crippen molar-refractivity contribution in [3.8, 4) is 5.75 Å². The molecule has 96 valence electrons. The van der Waals surface area contributed by atoms with Crippen molar-refractivity contribution in [1.29, 1.82) is 0 Å². The van der Waals surface area contributed by atoms with Gasteiger partial charge in [-0.05, 0) is 55.6 Å². The Hall–Kier alpha value is -0.100. The average Bonchev–Trinajstić information content (AvgIpc) is 2.69. The van der Waals surface area contributed by atoms with Crippen molar-refractivity contribution in [2.24, 2.45) is 0 Å². The number of thiophene rings is 1. The van der Waals surface area contributed by atoms with E-state index in [9.17, 15) is 4.39 Å². The lowest BCUT2D eigenvalue weighted by Gasteiger charge is -2.10. The highest BCUT2D eigenvalue weighted by molar-refractivity contribution is 9.13. The number of alkyl halides is 1. The van der Waals surface area contributed by atoms with Crippen molar-refractivity contribution in [3.63, 3.8) is 0 Å². The maximum atomic E-state index is 13.3. The highest BCUT2D eigenvalue weighted by atomic mass is 79.9. The molecule has 0 spiro atoms. The van der Waals surface area contributed by atoms with Gasteiger partial charge in [0, 0.05) is 9.35 Å². The van der Waals surface area contributed by atoms with E-state index in [2.05, 4.69) is 31.9 Å². The van der Waals surface area contributed by atoms with Crippen LogP contribution in [-0.2, 0) is 0 Å². The molecule has 0 amide bonds. The molecule has 1 nitrogen and oxygen atoms in total. The van der Waals surface area contributed by atoms with E-state index in [1.54, 1.807) is 12.1 Å². The zero-order chi connectivity index (χ0) is 13.3. The second kappa shape index (κ2) is 5.90. The minimum absolute atomic E-state index is 0.202. The number of methoxy groups -OCH3 is 1. The summed E-state index contributed by atoms with van der Waals surface area (Å²) in [5.41, 5.74) is 0.802. The summed E-state index contributed by atoms with van der Waals surface area (Å²) in [7, 11) is 1.43. The third kappa shape index (κ3) is 2.90. The van der Waals surface area contributed by atoms with Crippen molar-refractivity contribution in [2.75, 3.05) is 7.11 Å². The average molecular weight is 415 g/mol. The number of hydrogen-bond acceptors (Lipinski definition) is 2. The van der Waals surface area contributed by atoms with Gasteiger partial charge in [-0.2, -0.15) is 0 Å². The quantitative estimate of drug-likeness (QED) is 0.581. The van der Waals surface area contributed by atoms with Gasteiger partial charge in [0.2, 0.25) is 0 Å². The van der Waals surface area contributed by atoms with Crippen molar-refractivity contribution < 1.29 is 9.13 Å². The fourth-order valence-corrected chi connectivity index (χ4v) is 3.91. The Balaban J connectivity index is 2.36. The molecule has 6 heteroatoms. The van der Waals surface area contributed by atoms with Gasteiger partial charge in [-0.3, -0.25) is 0 Å². The van der Waals surface area contributed by atoms with Gasteiger partial charge in [-0.1, -0.05) is 6.07 Å². The first kappa shape index (κ1) is 14.3. The predicted octanol–water partition coefficient (Wildman–Crippen LogP) is 5.75. The first-order valence-electron chi connectivity index (χ1n) is 4.95. The molecule has 0 radical (unpaired) electrons. The summed E-state index contributed by atoms with van der Waals surface area (Å²) in [6, 6.07) is 6.59. The van der Waals surface area contributed by atoms with Crippen LogP contribution >= 0.6 is 54.8 Å². The Morgan fingerprint density at radius 1 is 1.33 bits per heavy atom. The van der Waals surface area contributed by atoms with Crippen LogP contribution in [0.5, 0.6) is 5.75 Å². The molecule has 1 heterocycles. The molecule has 0 aliphatic carbocycles. The van der Waals surface area contributed by atoms with Crippen LogP contribution in [-0.4, -0.2) is 7.11 Å². The van der Waals surface area contributed by atoms with E-state index >= 15 is 0 Å². The number of rotatable bonds is 3. The number of hydrogen-bond donors (Lipinski definition) is 0. The largest absolute Gasteiger partial charge is 0.494 e. The van der Waals surface area contributed by atoms with Gasteiger partial charge in [-0.25, -0.2) is 4.39 Å². The van der Waals surface area contributed by atoms with Gasteiger partial charge in [0.05, 0.1) is 16.3 Å². The summed E-state index contributed by atoms with van der Waals surface area (Å²) in [6.07, 6.45) is 0. The summed E-state index contributed by atoms with van der Waals surface area (Å²) in [4.78, 5) is 0.976. The Morgan fingerprint density at radius 3 is 2.61 bits per heavy atom. The molecule has 0 saturated heterocycles. The van der Waals surface area contributed by atoms with Gasteiger partial charge in [0.1, 0.15) is 0 Å². The maximum Gasteiger partial charge on any atom is 0.165 e. The molecule has 0 bridgehead atoms. The molecule has 2 rings (SSSR count).